The molecule has 1 N–H and O–H groups in total. The first-order valence-electron chi connectivity index (χ1n) is 7.26. The molecule has 0 bridgehead atoms. The molecular formula is C16H19N3O2. The van der Waals surface area contributed by atoms with Gasteiger partial charge in [-0.2, -0.15) is 0 Å². The molecule has 0 radical (unpaired) electrons. The number of piperidine rings is 1. The van der Waals surface area contributed by atoms with Gasteiger partial charge < -0.3 is 14.6 Å². The van der Waals surface area contributed by atoms with Crippen LogP contribution in [0.5, 0.6) is 0 Å². The minimum Gasteiger partial charge on any atom is -0.396 e. The second kappa shape index (κ2) is 6.10. The summed E-state index contributed by atoms with van der Waals surface area (Å²) in [5, 5.41) is 9.28. The van der Waals surface area contributed by atoms with E-state index in [9.17, 15) is 9.90 Å². The van der Waals surface area contributed by atoms with Crippen molar-refractivity contribution in [1.29, 1.82) is 0 Å². The highest BCUT2D eigenvalue weighted by Crippen LogP contribution is 2.19. The Bertz CT molecular complexity index is 610. The Morgan fingerprint density at radius 2 is 2.33 bits per heavy atom. The van der Waals surface area contributed by atoms with Crippen LogP contribution in [0.15, 0.2) is 43.0 Å². The molecule has 1 aliphatic heterocycles. The summed E-state index contributed by atoms with van der Waals surface area (Å²) in [7, 11) is 0. The summed E-state index contributed by atoms with van der Waals surface area (Å²) in [6.07, 6.45) is 7.23. The van der Waals surface area contributed by atoms with E-state index in [-0.39, 0.29) is 18.4 Å². The van der Waals surface area contributed by atoms with E-state index in [1.807, 2.05) is 39.9 Å². The molecule has 1 aromatic heterocycles. The van der Waals surface area contributed by atoms with Gasteiger partial charge in [-0.1, -0.05) is 6.07 Å². The van der Waals surface area contributed by atoms with Crippen molar-refractivity contribution < 1.29 is 9.90 Å². The number of rotatable bonds is 3. The van der Waals surface area contributed by atoms with Crippen LogP contribution in [0.1, 0.15) is 23.2 Å². The molecule has 3 rings (SSSR count). The summed E-state index contributed by atoms with van der Waals surface area (Å²) in [6, 6.07) is 7.55. The van der Waals surface area contributed by atoms with Crippen LogP contribution in [0.25, 0.3) is 5.69 Å². The lowest BCUT2D eigenvalue weighted by molar-refractivity contribution is 0.0620. The van der Waals surface area contributed by atoms with E-state index in [4.69, 9.17) is 0 Å². The fourth-order valence-electron chi connectivity index (χ4n) is 2.79. The molecule has 1 aliphatic rings. The molecule has 5 heteroatoms. The van der Waals surface area contributed by atoms with Crippen molar-refractivity contribution in [3.63, 3.8) is 0 Å². The van der Waals surface area contributed by atoms with Gasteiger partial charge in [0.05, 0.1) is 6.33 Å². The number of aromatic nitrogens is 2. The lowest BCUT2D eigenvalue weighted by atomic mass is 9.98. The third-order valence-corrected chi connectivity index (χ3v) is 3.96. The van der Waals surface area contributed by atoms with E-state index in [1.54, 1.807) is 12.5 Å². The zero-order chi connectivity index (χ0) is 14.7. The van der Waals surface area contributed by atoms with Gasteiger partial charge in [-0.05, 0) is 37.0 Å². The molecule has 110 valence electrons. The number of imidazole rings is 1. The van der Waals surface area contributed by atoms with Crippen LogP contribution in [-0.2, 0) is 0 Å². The quantitative estimate of drug-likeness (QED) is 0.934. The molecule has 1 fully saturated rings. The number of amides is 1. The second-order valence-electron chi connectivity index (χ2n) is 5.46. The third kappa shape index (κ3) is 2.97. The summed E-state index contributed by atoms with van der Waals surface area (Å²) < 4.78 is 1.88. The Morgan fingerprint density at radius 3 is 3.10 bits per heavy atom. The predicted octanol–water partition coefficient (Wildman–Crippen LogP) is 1.72. The van der Waals surface area contributed by atoms with Crippen LogP contribution in [0, 0.1) is 5.92 Å². The lowest BCUT2D eigenvalue weighted by Crippen LogP contribution is -2.40. The van der Waals surface area contributed by atoms with Gasteiger partial charge in [0.1, 0.15) is 0 Å². The summed E-state index contributed by atoms with van der Waals surface area (Å²) in [5.41, 5.74) is 1.61. The smallest absolute Gasteiger partial charge is 0.253 e. The molecule has 1 amide bonds. The highest BCUT2D eigenvalue weighted by molar-refractivity contribution is 5.94. The lowest BCUT2D eigenvalue weighted by Gasteiger charge is -2.32. The normalized spacial score (nSPS) is 18.7. The summed E-state index contributed by atoms with van der Waals surface area (Å²) in [4.78, 5) is 18.5. The van der Waals surface area contributed by atoms with E-state index < -0.39 is 0 Å². The van der Waals surface area contributed by atoms with Gasteiger partial charge in [0, 0.05) is 43.3 Å². The van der Waals surface area contributed by atoms with Crippen LogP contribution in [0.2, 0.25) is 0 Å². The molecule has 21 heavy (non-hydrogen) atoms. The van der Waals surface area contributed by atoms with Gasteiger partial charge in [-0.25, -0.2) is 4.98 Å². The first-order chi connectivity index (χ1) is 10.3. The van der Waals surface area contributed by atoms with Gasteiger partial charge in [0.15, 0.2) is 0 Å². The topological polar surface area (TPSA) is 58.4 Å². The molecular weight excluding hydrogens is 266 g/mol. The Kier molecular flexibility index (Phi) is 4.01. The monoisotopic (exact) mass is 285 g/mol. The van der Waals surface area contributed by atoms with Gasteiger partial charge in [0.25, 0.3) is 5.91 Å². The van der Waals surface area contributed by atoms with Crippen LogP contribution in [0.4, 0.5) is 0 Å². The molecule has 1 unspecified atom stereocenters. The van der Waals surface area contributed by atoms with E-state index in [1.165, 1.54) is 0 Å². The van der Waals surface area contributed by atoms with Crippen molar-refractivity contribution >= 4 is 5.91 Å². The average Bonchev–Trinajstić information content (AvgIpc) is 3.09. The molecule has 0 aliphatic carbocycles. The summed E-state index contributed by atoms with van der Waals surface area (Å²) in [5.74, 6) is 0.245. The van der Waals surface area contributed by atoms with Gasteiger partial charge >= 0.3 is 0 Å². The zero-order valence-corrected chi connectivity index (χ0v) is 11.9. The Labute approximate surface area is 123 Å². The number of benzene rings is 1. The summed E-state index contributed by atoms with van der Waals surface area (Å²) >= 11 is 0. The van der Waals surface area contributed by atoms with Crippen molar-refractivity contribution in [2.75, 3.05) is 19.7 Å². The molecule has 1 atom stereocenters. The van der Waals surface area contributed by atoms with Crippen molar-refractivity contribution in [2.45, 2.75) is 12.8 Å². The predicted molar refractivity (Wildman–Crippen MR) is 79.3 cm³/mol. The third-order valence-electron chi connectivity index (χ3n) is 3.96. The van der Waals surface area contributed by atoms with Crippen LogP contribution < -0.4 is 0 Å². The number of likely N-dealkylation sites (tertiary alicyclic amines) is 1. The Balaban J connectivity index is 1.80. The number of hydrogen-bond acceptors (Lipinski definition) is 3. The maximum atomic E-state index is 12.6. The largest absolute Gasteiger partial charge is 0.396 e. The minimum atomic E-state index is 0.0371. The van der Waals surface area contributed by atoms with Gasteiger partial charge in [-0.15, -0.1) is 0 Å². The SMILES string of the molecule is O=C(c1cccc(-n2ccnc2)c1)N1CCCC(CO)C1. The zero-order valence-electron chi connectivity index (χ0n) is 11.9. The van der Waals surface area contributed by atoms with Crippen LogP contribution in [0.3, 0.4) is 0 Å². The fraction of sp³-hybridized carbons (Fsp3) is 0.375. The highest BCUT2D eigenvalue weighted by atomic mass is 16.3. The van der Waals surface area contributed by atoms with Gasteiger partial charge in [-0.3, -0.25) is 4.79 Å². The number of aliphatic hydroxyl groups excluding tert-OH is 1. The van der Waals surface area contributed by atoms with E-state index >= 15 is 0 Å². The second-order valence-corrected chi connectivity index (χ2v) is 5.46. The van der Waals surface area contributed by atoms with Crippen molar-refractivity contribution in [2.24, 2.45) is 5.92 Å². The summed E-state index contributed by atoms with van der Waals surface area (Å²) in [6.45, 7) is 1.56. The van der Waals surface area contributed by atoms with Gasteiger partial charge in [0.2, 0.25) is 0 Å². The molecule has 0 saturated carbocycles. The maximum Gasteiger partial charge on any atom is 0.253 e. The number of carbonyl (C=O) groups is 1. The van der Waals surface area contributed by atoms with E-state index in [0.717, 1.165) is 25.1 Å². The first kappa shape index (κ1) is 13.8. The standard InChI is InChI=1S/C16H19N3O2/c20-11-13-3-2-7-18(10-13)16(21)14-4-1-5-15(9-14)19-8-6-17-12-19/h1,4-6,8-9,12-13,20H,2-3,7,10-11H2. The number of hydrogen-bond donors (Lipinski definition) is 1. The van der Waals surface area contributed by atoms with Crippen molar-refractivity contribution in [3.8, 4) is 5.69 Å². The maximum absolute atomic E-state index is 12.6. The Hall–Kier alpha value is -2.14. The van der Waals surface area contributed by atoms with Crippen LogP contribution >= 0.6 is 0 Å². The minimum absolute atomic E-state index is 0.0371. The molecule has 1 saturated heterocycles. The highest BCUT2D eigenvalue weighted by Gasteiger charge is 2.24. The van der Waals surface area contributed by atoms with Crippen molar-refractivity contribution in [3.05, 3.63) is 48.5 Å². The van der Waals surface area contributed by atoms with E-state index in [0.29, 0.717) is 12.1 Å². The molecule has 5 nitrogen and oxygen atoms in total. The van der Waals surface area contributed by atoms with E-state index in [2.05, 4.69) is 4.98 Å². The number of carbonyl (C=O) groups excluding carboxylic acids is 1. The number of aliphatic hydroxyl groups is 1. The molecule has 2 aromatic rings. The molecule has 1 aromatic carbocycles. The van der Waals surface area contributed by atoms with Crippen LogP contribution in [-0.4, -0.2) is 45.2 Å². The average molecular weight is 285 g/mol. The van der Waals surface area contributed by atoms with Crippen molar-refractivity contribution in [1.82, 2.24) is 14.5 Å². The fourth-order valence-corrected chi connectivity index (χ4v) is 2.79. The molecule has 2 heterocycles. The molecule has 0 spiro atoms. The Morgan fingerprint density at radius 1 is 1.43 bits per heavy atom. The number of nitrogens with zero attached hydrogens (tertiary/aromatic N) is 3. The first-order valence-corrected chi connectivity index (χ1v) is 7.26.